The van der Waals surface area contributed by atoms with Gasteiger partial charge >= 0.3 is 41.8 Å². The number of carbonyl (C=O) groups excluding carboxylic acids is 7. The SMILES string of the molecule is C.CCC(C)(C)C(=O)OC1C(C(C)C)CCCC1C(C)C.CCC(C)(C)C(=O)OC1C(C)CC(C)CC1C(C)(C)C.CCC(C)(C)C(=O)OC1CC2CCC1(C)C2(C)C.CCC(C)(C)C(=O)OC1CCC(C(C)(C)C(C)(C)C)CC1.CCC(C)(C)C(=O)OCc1ccc(C(C)(C)C)cc1.CCC(C)(C)C(=O)Oc1cc(C(C)(C)C)cc(C(C)(C)C)c1.CCCCC(CC)COC(=O)C(C)(C)CC. The van der Waals surface area contributed by atoms with Gasteiger partial charge in [0, 0.05) is 11.3 Å². The summed E-state index contributed by atoms with van der Waals surface area (Å²) in [6.45, 7) is 106. The van der Waals surface area contributed by atoms with E-state index >= 15 is 0 Å². The maximum absolute atomic E-state index is 12.5. The minimum absolute atomic E-state index is 0. The van der Waals surface area contributed by atoms with Crippen LogP contribution in [-0.2, 0) is 84.8 Å². The number of benzene rings is 2. The molecule has 2 aromatic rings. The lowest BCUT2D eigenvalue weighted by atomic mass is 9.58. The predicted molar refractivity (Wildman–Crippen MR) is 579 cm³/mol. The summed E-state index contributed by atoms with van der Waals surface area (Å²) < 4.78 is 40.2. The topological polar surface area (TPSA) is 184 Å². The number of fused-ring (bicyclic) bond motifs is 2. The molecule has 0 aliphatic heterocycles. The maximum Gasteiger partial charge on any atom is 0.316 e. The quantitative estimate of drug-likeness (QED) is 0.0409. The Morgan fingerprint density at radius 3 is 1.15 bits per heavy atom. The van der Waals surface area contributed by atoms with Crippen LogP contribution in [0.5, 0.6) is 5.75 Å². The van der Waals surface area contributed by atoms with E-state index in [-0.39, 0.29) is 128 Å². The molecular weight excluding hydrogens is 1700 g/mol. The van der Waals surface area contributed by atoms with Gasteiger partial charge in [-0.2, -0.15) is 0 Å². The Kier molecular flexibility index (Phi) is 52.0. The lowest BCUT2D eigenvalue weighted by Crippen LogP contribution is -2.46. The van der Waals surface area contributed by atoms with Crippen molar-refractivity contribution in [2.75, 3.05) is 6.61 Å². The van der Waals surface area contributed by atoms with E-state index in [4.69, 9.17) is 33.2 Å². The van der Waals surface area contributed by atoms with Gasteiger partial charge in [-0.05, 0) is 344 Å². The average molecular weight is 1930 g/mol. The summed E-state index contributed by atoms with van der Waals surface area (Å²) in [4.78, 5) is 85.4. The Morgan fingerprint density at radius 2 is 0.796 bits per heavy atom. The van der Waals surface area contributed by atoms with Crippen molar-refractivity contribution in [2.45, 2.75) is 542 Å². The molecule has 137 heavy (non-hydrogen) atoms. The highest BCUT2D eigenvalue weighted by Crippen LogP contribution is 2.66. The molecular formula is C123H222O14. The zero-order valence-electron chi connectivity index (χ0n) is 98.0. The van der Waals surface area contributed by atoms with E-state index in [1.54, 1.807) is 0 Å². The smallest absolute Gasteiger partial charge is 0.316 e. The summed E-state index contributed by atoms with van der Waals surface area (Å²) in [7, 11) is 0. The van der Waals surface area contributed by atoms with Gasteiger partial charge in [0.1, 0.15) is 36.8 Å². The van der Waals surface area contributed by atoms with Gasteiger partial charge in [0.25, 0.3) is 0 Å². The van der Waals surface area contributed by atoms with Crippen LogP contribution in [0.15, 0.2) is 42.5 Å². The fourth-order valence-corrected chi connectivity index (χ4v) is 18.2. The Hall–Kier alpha value is -5.27. The fraction of sp³-hybridized carbons (Fsp3) is 0.846. The van der Waals surface area contributed by atoms with Crippen molar-refractivity contribution in [3.63, 3.8) is 0 Å². The molecule has 0 heterocycles. The highest BCUT2D eigenvalue weighted by atomic mass is 16.6. The van der Waals surface area contributed by atoms with Gasteiger partial charge < -0.3 is 33.2 Å². The molecule has 0 amide bonds. The summed E-state index contributed by atoms with van der Waals surface area (Å²) >= 11 is 0. The van der Waals surface area contributed by atoms with Crippen LogP contribution in [0.1, 0.15) is 517 Å². The minimum atomic E-state index is -0.459. The molecule has 0 saturated heterocycles. The molecule has 5 saturated carbocycles. The van der Waals surface area contributed by atoms with Crippen molar-refractivity contribution in [3.05, 3.63) is 64.7 Å². The second-order valence-corrected chi connectivity index (χ2v) is 54.2. The highest BCUT2D eigenvalue weighted by Gasteiger charge is 2.63. The molecule has 14 nitrogen and oxygen atoms in total. The van der Waals surface area contributed by atoms with E-state index in [0.717, 1.165) is 100 Å². The third-order valence-corrected chi connectivity index (χ3v) is 34.6. The lowest BCUT2D eigenvalue weighted by molar-refractivity contribution is -0.173. The molecule has 0 aromatic heterocycles. The zero-order valence-corrected chi connectivity index (χ0v) is 98.0. The standard InChI is InChI=1S/C20H32O2.C19H36O2.2C18H34O2.C17H26O2.C16H28O2.C14H28O2.CH4/c1-10-20(8,9)17(21)22-16-12-14(18(2,3)4)11-15(13-16)19(5,6)7;1-9-18(5,6)16(20)21-15-12-10-14(11-13-15)19(7,8)17(2,3)4;1-9-18(7,8)16(19)20-15-13(3)10-12(2)11-14(15)17(4,5)6;1-8-18(6,7)17(19)20-16-14(12(2)3)10-9-11-15(16)13(4)5;1-7-17(5,6)15(18)19-12-13-8-10-14(11-9-13)16(2,3)4;1-7-14(2,3)13(17)18-12-10-11-8-9-16(12,6)15(11,4)5;1-6-9-10-12(7-2)11-16-13(15)14(4,5)8-3;/h11-13H,10H2,1-9H3;14-15H,9-13H2,1-8H3;12-15H,9-11H2,1-8H3;12-16H,8-11H2,1-7H3;8-11H,7,12H2,1-6H3;11-12H,7-10H2,1-6H3;12H,6-11H2,1-5H3;1H4. The molecule has 0 radical (unpaired) electrons. The van der Waals surface area contributed by atoms with Crippen LogP contribution in [0.4, 0.5) is 0 Å². The molecule has 0 spiro atoms. The van der Waals surface area contributed by atoms with Gasteiger partial charge in [0.2, 0.25) is 0 Å². The van der Waals surface area contributed by atoms with E-state index < -0.39 is 10.8 Å². The first-order valence-corrected chi connectivity index (χ1v) is 54.3. The van der Waals surface area contributed by atoms with Crippen molar-refractivity contribution in [1.29, 1.82) is 0 Å². The minimum Gasteiger partial charge on any atom is -0.465 e. The first-order chi connectivity index (χ1) is 61.7. The van der Waals surface area contributed by atoms with Crippen LogP contribution in [0, 0.1) is 124 Å². The van der Waals surface area contributed by atoms with E-state index in [1.807, 2.05) is 156 Å². The molecule has 5 fully saturated rings. The van der Waals surface area contributed by atoms with Crippen LogP contribution >= 0.6 is 0 Å². The average Bonchev–Trinajstić information content (AvgIpc) is 1.55. The molecule has 798 valence electrons. The van der Waals surface area contributed by atoms with Gasteiger partial charge in [-0.3, -0.25) is 33.6 Å². The van der Waals surface area contributed by atoms with E-state index in [2.05, 4.69) is 226 Å². The van der Waals surface area contributed by atoms with Gasteiger partial charge in [0.05, 0.1) is 44.5 Å². The van der Waals surface area contributed by atoms with Crippen molar-refractivity contribution in [1.82, 2.24) is 0 Å². The number of unbranched alkanes of at least 4 members (excludes halogenated alkanes) is 1. The molecule has 0 N–H and O–H groups in total. The maximum atomic E-state index is 12.5. The summed E-state index contributed by atoms with van der Waals surface area (Å²) in [6.07, 6.45) is 24.8. The molecule has 2 aromatic carbocycles. The third kappa shape index (κ3) is 39.7. The van der Waals surface area contributed by atoms with Crippen LogP contribution in [-0.4, -0.2) is 72.8 Å². The Labute approximate surface area is 846 Å². The second-order valence-electron chi connectivity index (χ2n) is 54.2. The lowest BCUT2D eigenvalue weighted by Gasteiger charge is -2.47. The normalized spacial score (nSPS) is 22.9. The Morgan fingerprint density at radius 1 is 0.416 bits per heavy atom. The van der Waals surface area contributed by atoms with Gasteiger partial charge in [-0.25, -0.2) is 0 Å². The second kappa shape index (κ2) is 54.1. The van der Waals surface area contributed by atoms with Crippen molar-refractivity contribution in [3.8, 4) is 5.75 Å². The third-order valence-electron chi connectivity index (χ3n) is 34.6. The van der Waals surface area contributed by atoms with Crippen molar-refractivity contribution in [2.24, 2.45) is 124 Å². The summed E-state index contributed by atoms with van der Waals surface area (Å²) in [5.41, 5.74) is 3.60. The zero-order chi connectivity index (χ0) is 106. The number of hydrogen-bond acceptors (Lipinski definition) is 14. The van der Waals surface area contributed by atoms with Gasteiger partial charge in [-0.15, -0.1) is 0 Å². The summed E-state index contributed by atoms with van der Waals surface area (Å²) in [5, 5.41) is 0. The fourth-order valence-electron chi connectivity index (χ4n) is 18.2. The van der Waals surface area contributed by atoms with E-state index in [1.165, 1.54) is 87.3 Å². The van der Waals surface area contributed by atoms with Crippen LogP contribution in [0.25, 0.3) is 0 Å². The monoisotopic (exact) mass is 1920 g/mol. The van der Waals surface area contributed by atoms with Crippen LogP contribution in [0.2, 0.25) is 0 Å². The first kappa shape index (κ1) is 132. The van der Waals surface area contributed by atoms with E-state index in [9.17, 15) is 33.6 Å². The molecule has 10 atom stereocenters. The van der Waals surface area contributed by atoms with E-state index in [0.29, 0.717) is 76.6 Å². The van der Waals surface area contributed by atoms with Crippen molar-refractivity contribution < 1.29 is 66.7 Å². The predicted octanol–water partition coefficient (Wildman–Crippen LogP) is 34.8. The number of rotatable bonds is 30. The largest absolute Gasteiger partial charge is 0.465 e. The molecule has 5 aliphatic rings. The molecule has 14 heteroatoms. The first-order valence-electron chi connectivity index (χ1n) is 54.3. The highest BCUT2D eigenvalue weighted by molar-refractivity contribution is 5.80. The number of carbonyl (C=O) groups is 7. The van der Waals surface area contributed by atoms with Crippen LogP contribution in [0.3, 0.4) is 0 Å². The molecule has 10 unspecified atom stereocenters. The summed E-state index contributed by atoms with van der Waals surface area (Å²) in [6, 6.07) is 14.5. The molecule has 5 aliphatic carbocycles. The number of ether oxygens (including phenoxy) is 7. The van der Waals surface area contributed by atoms with Gasteiger partial charge in [-0.1, -0.05) is 306 Å². The molecule has 2 bridgehead atoms. The Bertz CT molecular complexity index is 3870. The summed E-state index contributed by atoms with van der Waals surface area (Å²) in [5.74, 6) is 6.07. The van der Waals surface area contributed by atoms with Crippen molar-refractivity contribution >= 4 is 41.8 Å². The number of hydrogen-bond donors (Lipinski definition) is 0. The Balaban J connectivity index is 0.00000158. The van der Waals surface area contributed by atoms with Gasteiger partial charge in [0.15, 0.2) is 0 Å². The molecule has 7 rings (SSSR count). The number of esters is 7. The van der Waals surface area contributed by atoms with Crippen LogP contribution < -0.4 is 4.74 Å².